The number of cyclic esters (lactones) is 1. The molecule has 0 spiro atoms. The highest BCUT2D eigenvalue weighted by Crippen LogP contribution is 2.38. The molecule has 1 saturated carbocycles. The lowest BCUT2D eigenvalue weighted by Gasteiger charge is -2.42. The molecule has 0 radical (unpaired) electrons. The lowest BCUT2D eigenvalue weighted by molar-refractivity contribution is -0.265. The van der Waals surface area contributed by atoms with Gasteiger partial charge in [0, 0.05) is 58.5 Å². The monoisotopic (exact) mass is 1000 g/mol. The first kappa shape index (κ1) is 58.7. The minimum Gasteiger partial charge on any atom is -0.460 e. The molecule has 72 heavy (non-hydrogen) atoms. The van der Waals surface area contributed by atoms with Crippen LogP contribution in [-0.2, 0) is 59.0 Å². The van der Waals surface area contributed by atoms with Crippen LogP contribution >= 0.6 is 0 Å². The van der Waals surface area contributed by atoms with Gasteiger partial charge in [0.05, 0.1) is 37.1 Å². The minimum atomic E-state index is -2.44. The number of amides is 1. The third-order valence-electron chi connectivity index (χ3n) is 15.8. The van der Waals surface area contributed by atoms with Crippen LogP contribution in [0, 0.1) is 35.5 Å². The van der Waals surface area contributed by atoms with Crippen molar-refractivity contribution in [1.29, 1.82) is 0 Å². The summed E-state index contributed by atoms with van der Waals surface area (Å²) in [5, 5.41) is 22.7. The molecular weight excluding hydrogens is 919 g/mol. The van der Waals surface area contributed by atoms with Gasteiger partial charge in [-0.05, 0) is 119 Å². The molecule has 3 heterocycles. The molecule has 1 aromatic carbocycles. The Morgan fingerprint density at radius 3 is 2.26 bits per heavy atom. The number of hydrogen-bond donors (Lipinski definition) is 2. The molecule has 5 rings (SSSR count). The van der Waals surface area contributed by atoms with E-state index in [-0.39, 0.29) is 67.3 Å². The number of carbonyl (C=O) groups excluding carboxylic acids is 5. The summed E-state index contributed by atoms with van der Waals surface area (Å²) < 4.78 is 36.5. The molecule has 2 unspecified atom stereocenters. The molecule has 15 atom stereocenters. The highest BCUT2D eigenvalue weighted by molar-refractivity contribution is 6.39. The zero-order valence-corrected chi connectivity index (χ0v) is 44.7. The highest BCUT2D eigenvalue weighted by atomic mass is 16.6. The Morgan fingerprint density at radius 2 is 1.57 bits per heavy atom. The molecule has 1 aromatic rings. The Morgan fingerprint density at radius 1 is 0.833 bits per heavy atom. The summed E-state index contributed by atoms with van der Waals surface area (Å²) in [6, 6.07) is 8.45. The summed E-state index contributed by atoms with van der Waals surface area (Å²) >= 11 is 0. The normalized spacial score (nSPS) is 37.6. The van der Waals surface area contributed by atoms with E-state index in [1.807, 2.05) is 88.4 Å². The van der Waals surface area contributed by atoms with Crippen molar-refractivity contribution in [3.05, 3.63) is 83.5 Å². The molecule has 2 saturated heterocycles. The molecule has 3 fully saturated rings. The summed E-state index contributed by atoms with van der Waals surface area (Å²) in [7, 11) is 4.67. The van der Waals surface area contributed by atoms with E-state index >= 15 is 0 Å². The van der Waals surface area contributed by atoms with Crippen molar-refractivity contribution in [2.45, 2.75) is 187 Å². The van der Waals surface area contributed by atoms with Crippen molar-refractivity contribution >= 4 is 29.2 Å². The summed E-state index contributed by atoms with van der Waals surface area (Å²) in [5.41, 5.74) is 2.42. The second-order valence-electron chi connectivity index (χ2n) is 21.4. The fourth-order valence-corrected chi connectivity index (χ4v) is 11.1. The van der Waals surface area contributed by atoms with Gasteiger partial charge in [0.25, 0.3) is 11.7 Å². The van der Waals surface area contributed by atoms with Crippen LogP contribution in [0.2, 0.25) is 0 Å². The van der Waals surface area contributed by atoms with E-state index in [1.165, 1.54) is 12.0 Å². The largest absolute Gasteiger partial charge is 0.460 e. The van der Waals surface area contributed by atoms with E-state index in [9.17, 15) is 34.2 Å². The lowest BCUT2D eigenvalue weighted by atomic mass is 9.78. The van der Waals surface area contributed by atoms with Gasteiger partial charge < -0.3 is 43.5 Å². The molecule has 1 amide bonds. The second kappa shape index (κ2) is 27.9. The number of ether oxygens (including phenoxy) is 6. The average Bonchev–Trinajstić information content (AvgIpc) is 3.37. The van der Waals surface area contributed by atoms with Crippen LogP contribution in [0.15, 0.2) is 77.9 Å². The van der Waals surface area contributed by atoms with Gasteiger partial charge in [0.2, 0.25) is 5.79 Å². The third-order valence-corrected chi connectivity index (χ3v) is 15.8. The first-order valence-electron chi connectivity index (χ1n) is 26.5. The zero-order valence-electron chi connectivity index (χ0n) is 44.7. The number of hydrogen-bond acceptors (Lipinski definition) is 13. The third kappa shape index (κ3) is 15.7. The Labute approximate surface area is 428 Å². The van der Waals surface area contributed by atoms with E-state index in [4.69, 9.17) is 28.4 Å². The van der Waals surface area contributed by atoms with Crippen LogP contribution in [0.4, 0.5) is 0 Å². The van der Waals surface area contributed by atoms with Gasteiger partial charge in [-0.1, -0.05) is 95.3 Å². The predicted molar refractivity (Wildman–Crippen MR) is 274 cm³/mol. The summed E-state index contributed by atoms with van der Waals surface area (Å²) in [5.74, 6) is -7.69. The van der Waals surface area contributed by atoms with Crippen molar-refractivity contribution in [3.8, 4) is 0 Å². The molecule has 14 heteroatoms. The van der Waals surface area contributed by atoms with E-state index in [0.29, 0.717) is 63.4 Å². The molecule has 400 valence electrons. The maximum absolute atomic E-state index is 14.8. The number of fused-ring (bicyclic) bond motifs is 3. The van der Waals surface area contributed by atoms with E-state index in [0.717, 1.165) is 17.6 Å². The number of allylic oxidation sites excluding steroid dienone is 5. The van der Waals surface area contributed by atoms with Crippen molar-refractivity contribution < 1.29 is 62.6 Å². The first-order valence-corrected chi connectivity index (χ1v) is 26.5. The number of nitrogens with zero attached hydrogens (tertiary/aromatic N) is 1. The molecule has 4 aliphatic rings. The lowest BCUT2D eigenvalue weighted by Crippen LogP contribution is -2.61. The van der Waals surface area contributed by atoms with Crippen molar-refractivity contribution in [2.24, 2.45) is 35.5 Å². The van der Waals surface area contributed by atoms with E-state index in [2.05, 4.69) is 6.92 Å². The van der Waals surface area contributed by atoms with Gasteiger partial charge in [-0.25, -0.2) is 4.79 Å². The van der Waals surface area contributed by atoms with Crippen molar-refractivity contribution in [3.63, 3.8) is 0 Å². The smallest absolute Gasteiger partial charge is 0.329 e. The Kier molecular flexibility index (Phi) is 22.8. The minimum absolute atomic E-state index is 0.0547. The van der Waals surface area contributed by atoms with Gasteiger partial charge in [-0.15, -0.1) is 0 Å². The fourth-order valence-electron chi connectivity index (χ4n) is 11.1. The van der Waals surface area contributed by atoms with Gasteiger partial charge >= 0.3 is 5.97 Å². The number of ketones is 3. The standard InChI is InChI=1S/C58H85NO13/c1-36-19-13-11-14-20-37(2)49(67-8)33-45-26-24-41(6)58(66,72-45)55(63)56(64)59-28-18-17-23-46(59)57(65)71-50(38(3)30-44-25-27-47(60)51(32-44)68-9)34-48(61)42(7)54(70-35-43-21-15-12-16-22-43)40(5)31-52(69-10)53(62)39(4)29-36/h11-16,19-22,31,36,38-39,41-42,44-47,49-52,54,60,66H,17-18,23-30,32-35H2,1-10H3/b14-11+,19-13-,37-20+,40-31+/t36-,38-,39-,41-,42+,44+,45+,46?,47-,49+,50+,51-,52-,54?,58-/m1/s1. The fraction of sp³-hybridized carbons (Fsp3) is 0.672. The maximum Gasteiger partial charge on any atom is 0.329 e. The van der Waals surface area contributed by atoms with Gasteiger partial charge in [0.1, 0.15) is 24.0 Å². The van der Waals surface area contributed by atoms with E-state index < -0.39 is 77.9 Å². The van der Waals surface area contributed by atoms with Crippen molar-refractivity contribution in [1.82, 2.24) is 4.90 Å². The van der Waals surface area contributed by atoms with Crippen LogP contribution in [-0.4, -0.2) is 127 Å². The Balaban J connectivity index is 1.53. The SMILES string of the molecule is CO[C@H]1C[C@@H]2CC[C@@H](C)[C@@](O)(O2)C(=O)C(=O)N2CCCCC2C(=O)O[C@H]([C@H](C)C[C@@H]2CC[C@@H](O)[C@H](OC)C2)CC(=O)[C@H](C)C(OCc2ccccc2)/C(C)=C/[C@@H](OC)C(=O)[C@H](C)C[C@H](C)\C=C/C=C/C=C/1C. The molecule has 2 N–H and O–H groups in total. The summed E-state index contributed by atoms with van der Waals surface area (Å²) in [6.07, 6.45) is 12.3. The van der Waals surface area contributed by atoms with Crippen LogP contribution in [0.5, 0.6) is 0 Å². The number of aliphatic hydroxyl groups is 2. The first-order chi connectivity index (χ1) is 34.3. The number of aliphatic hydroxyl groups excluding tert-OH is 1. The molecule has 2 bridgehead atoms. The van der Waals surface area contributed by atoms with Crippen molar-refractivity contribution in [2.75, 3.05) is 27.9 Å². The molecule has 14 nitrogen and oxygen atoms in total. The van der Waals surface area contributed by atoms with Gasteiger partial charge in [-0.3, -0.25) is 19.2 Å². The maximum atomic E-state index is 14.8. The van der Waals surface area contributed by atoms with E-state index in [1.54, 1.807) is 34.1 Å². The second-order valence-corrected chi connectivity index (χ2v) is 21.4. The van der Waals surface area contributed by atoms with Crippen LogP contribution < -0.4 is 0 Å². The predicted octanol–water partition coefficient (Wildman–Crippen LogP) is 8.41. The van der Waals surface area contributed by atoms with Crippen LogP contribution in [0.3, 0.4) is 0 Å². The van der Waals surface area contributed by atoms with Gasteiger partial charge in [0.15, 0.2) is 5.78 Å². The average molecular weight is 1000 g/mol. The highest BCUT2D eigenvalue weighted by Gasteiger charge is 2.53. The molecule has 3 aliphatic heterocycles. The molecule has 0 aromatic heterocycles. The Hall–Kier alpha value is -4.15. The Bertz CT molecular complexity index is 2080. The molecule has 1 aliphatic carbocycles. The number of esters is 1. The van der Waals surface area contributed by atoms with Gasteiger partial charge in [-0.2, -0.15) is 0 Å². The topological polar surface area (TPSA) is 184 Å². The number of carbonyl (C=O) groups is 5. The van der Waals surface area contributed by atoms with Crippen LogP contribution in [0.1, 0.15) is 131 Å². The van der Waals surface area contributed by atoms with Crippen LogP contribution in [0.25, 0.3) is 0 Å². The number of rotatable bonds is 9. The zero-order chi connectivity index (χ0) is 52.7. The quantitative estimate of drug-likeness (QED) is 0.137. The molecular formula is C58H85NO13. The summed E-state index contributed by atoms with van der Waals surface area (Å²) in [6.45, 7) is 13.4. The number of benzene rings is 1. The number of Topliss-reactive ketones (excluding diaryl/α,β-unsaturated/α-hetero) is 3. The number of methoxy groups -OCH3 is 3. The number of piperidine rings is 1. The summed E-state index contributed by atoms with van der Waals surface area (Å²) in [4.78, 5) is 73.5.